The normalized spacial score (nSPS) is 16.4. The molecule has 0 radical (unpaired) electrons. The maximum atomic E-state index is 12.5. The van der Waals surface area contributed by atoms with E-state index in [1.54, 1.807) is 17.0 Å². The highest BCUT2D eigenvalue weighted by Gasteiger charge is 2.27. The van der Waals surface area contributed by atoms with Crippen LogP contribution >= 0.6 is 0 Å². The predicted octanol–water partition coefficient (Wildman–Crippen LogP) is -0.628. The highest BCUT2D eigenvalue weighted by Crippen LogP contribution is 2.23. The van der Waals surface area contributed by atoms with Crippen LogP contribution in [0, 0.1) is 0 Å². The molecule has 0 saturated carbocycles. The molecule has 2 rings (SSSR count). The molecule has 1 aliphatic rings. The van der Waals surface area contributed by atoms with Crippen molar-refractivity contribution in [2.45, 2.75) is 13.3 Å². The Bertz CT molecular complexity index is 652. The Morgan fingerprint density at radius 3 is 2.43 bits per heavy atom. The molecule has 0 atom stereocenters. The van der Waals surface area contributed by atoms with E-state index in [2.05, 4.69) is 7.05 Å². The topological polar surface area (TPSA) is 62.1 Å². The summed E-state index contributed by atoms with van der Waals surface area (Å²) in [6.07, 6.45) is 1.87. The second-order valence-corrected chi connectivity index (χ2v) is 8.00. The predicted molar refractivity (Wildman–Crippen MR) is 91.2 cm³/mol. The second kappa shape index (κ2) is 7.31. The van der Waals surface area contributed by atoms with Crippen molar-refractivity contribution < 1.29 is 18.1 Å². The lowest BCUT2D eigenvalue weighted by Gasteiger charge is -2.32. The molecule has 1 N–H and O–H groups in total. The van der Waals surface area contributed by atoms with Crippen molar-refractivity contribution in [3.63, 3.8) is 0 Å². The van der Waals surface area contributed by atoms with Gasteiger partial charge in [0.05, 0.1) is 45.2 Å². The van der Waals surface area contributed by atoms with Crippen molar-refractivity contribution in [2.24, 2.45) is 0 Å². The van der Waals surface area contributed by atoms with Gasteiger partial charge in [-0.3, -0.25) is 9.10 Å². The summed E-state index contributed by atoms with van der Waals surface area (Å²) in [7, 11) is -1.42. The van der Waals surface area contributed by atoms with Crippen LogP contribution in [0.1, 0.15) is 12.5 Å². The summed E-state index contributed by atoms with van der Waals surface area (Å²) in [5, 5.41) is 0. The summed E-state index contributed by atoms with van der Waals surface area (Å²) in [5.74, 6) is -0.131. The number of rotatable bonds is 5. The molecule has 1 amide bonds. The molecule has 1 aromatic carbocycles. The van der Waals surface area contributed by atoms with E-state index in [0.717, 1.165) is 24.9 Å². The summed E-state index contributed by atoms with van der Waals surface area (Å²) in [4.78, 5) is 15.7. The van der Waals surface area contributed by atoms with Gasteiger partial charge in [0.2, 0.25) is 15.9 Å². The highest BCUT2D eigenvalue weighted by molar-refractivity contribution is 7.92. The molecule has 1 aromatic rings. The number of nitrogens with one attached hydrogen (secondary N) is 1. The van der Waals surface area contributed by atoms with Crippen molar-refractivity contribution in [3.8, 4) is 0 Å². The van der Waals surface area contributed by atoms with Gasteiger partial charge in [-0.15, -0.1) is 0 Å². The van der Waals surface area contributed by atoms with Crippen molar-refractivity contribution in [2.75, 3.05) is 50.3 Å². The number of sulfonamides is 1. The van der Waals surface area contributed by atoms with E-state index in [4.69, 9.17) is 0 Å². The number of para-hydroxylation sites is 1. The number of carbonyl (C=O) groups is 1. The molecule has 1 aliphatic heterocycles. The summed E-state index contributed by atoms with van der Waals surface area (Å²) < 4.78 is 25.7. The third-order valence-corrected chi connectivity index (χ3v) is 5.42. The number of likely N-dealkylation sites (N-methyl/N-ethyl adjacent to an activating group) is 1. The van der Waals surface area contributed by atoms with Crippen LogP contribution in [0.3, 0.4) is 0 Å². The van der Waals surface area contributed by atoms with Gasteiger partial charge in [0.1, 0.15) is 6.54 Å². The Kier molecular flexibility index (Phi) is 5.64. The first-order chi connectivity index (χ1) is 10.8. The number of piperazine rings is 1. The van der Waals surface area contributed by atoms with Crippen LogP contribution in [-0.4, -0.2) is 65.3 Å². The van der Waals surface area contributed by atoms with Gasteiger partial charge in [0.25, 0.3) is 0 Å². The SMILES string of the molecule is CCc1ccccc1N(CC(=O)N1CC[NH+](C)CC1)S(C)(=O)=O. The molecule has 23 heavy (non-hydrogen) atoms. The number of quaternary nitrogens is 1. The smallest absolute Gasteiger partial charge is 0.243 e. The summed E-state index contributed by atoms with van der Waals surface area (Å²) in [5.41, 5.74) is 1.53. The van der Waals surface area contributed by atoms with Crippen LogP contribution in [0.5, 0.6) is 0 Å². The van der Waals surface area contributed by atoms with E-state index in [1.807, 2.05) is 19.1 Å². The zero-order valence-corrected chi connectivity index (χ0v) is 14.9. The van der Waals surface area contributed by atoms with Crippen LogP contribution in [0.15, 0.2) is 24.3 Å². The highest BCUT2D eigenvalue weighted by atomic mass is 32.2. The quantitative estimate of drug-likeness (QED) is 0.777. The second-order valence-electron chi connectivity index (χ2n) is 6.09. The first-order valence-corrected chi connectivity index (χ1v) is 9.82. The lowest BCUT2D eigenvalue weighted by Crippen LogP contribution is -3.12. The van der Waals surface area contributed by atoms with Gasteiger partial charge in [-0.25, -0.2) is 8.42 Å². The lowest BCUT2D eigenvalue weighted by atomic mass is 10.1. The van der Waals surface area contributed by atoms with Gasteiger partial charge in [0, 0.05) is 0 Å². The Morgan fingerprint density at radius 1 is 1.26 bits per heavy atom. The standard InChI is InChI=1S/C16H25N3O3S/c1-4-14-7-5-6-8-15(14)19(23(3,21)22)13-16(20)18-11-9-17(2)10-12-18/h5-8H,4,9-13H2,1-3H3/p+1. The van der Waals surface area contributed by atoms with E-state index < -0.39 is 10.0 Å². The van der Waals surface area contributed by atoms with Crippen LogP contribution in [0.2, 0.25) is 0 Å². The molecule has 1 saturated heterocycles. The summed E-state index contributed by atoms with van der Waals surface area (Å²) in [6, 6.07) is 7.35. The molecule has 7 heteroatoms. The molecule has 0 bridgehead atoms. The number of benzene rings is 1. The fourth-order valence-electron chi connectivity index (χ4n) is 2.79. The van der Waals surface area contributed by atoms with Gasteiger partial charge >= 0.3 is 0 Å². The van der Waals surface area contributed by atoms with Crippen LogP contribution in [0.25, 0.3) is 0 Å². The average Bonchev–Trinajstić information content (AvgIpc) is 2.52. The number of aryl methyl sites for hydroxylation is 1. The Balaban J connectivity index is 2.22. The molecule has 1 heterocycles. The Labute approximate surface area is 138 Å². The zero-order valence-electron chi connectivity index (χ0n) is 14.1. The molecule has 0 spiro atoms. The lowest BCUT2D eigenvalue weighted by molar-refractivity contribution is -0.883. The minimum absolute atomic E-state index is 0.130. The maximum Gasteiger partial charge on any atom is 0.243 e. The van der Waals surface area contributed by atoms with Crippen molar-refractivity contribution >= 4 is 21.6 Å². The Morgan fingerprint density at radius 2 is 1.87 bits per heavy atom. The van der Waals surface area contributed by atoms with Crippen molar-refractivity contribution in [1.29, 1.82) is 0 Å². The number of hydrogen-bond acceptors (Lipinski definition) is 3. The third kappa shape index (κ3) is 4.45. The summed E-state index contributed by atoms with van der Waals surface area (Å²) >= 11 is 0. The molecule has 1 fully saturated rings. The van der Waals surface area contributed by atoms with Crippen LogP contribution in [-0.2, 0) is 21.2 Å². The van der Waals surface area contributed by atoms with Crippen molar-refractivity contribution in [1.82, 2.24) is 4.90 Å². The molecular formula is C16H26N3O3S+. The maximum absolute atomic E-state index is 12.5. The monoisotopic (exact) mass is 340 g/mol. The van der Waals surface area contributed by atoms with E-state index in [9.17, 15) is 13.2 Å². The van der Waals surface area contributed by atoms with Gasteiger partial charge in [-0.1, -0.05) is 25.1 Å². The summed E-state index contributed by atoms with van der Waals surface area (Å²) in [6.45, 7) is 5.00. The van der Waals surface area contributed by atoms with Gasteiger partial charge in [-0.05, 0) is 18.1 Å². The van der Waals surface area contributed by atoms with Crippen molar-refractivity contribution in [3.05, 3.63) is 29.8 Å². The fraction of sp³-hybridized carbons (Fsp3) is 0.562. The first kappa shape index (κ1) is 17.7. The number of hydrogen-bond donors (Lipinski definition) is 1. The minimum Gasteiger partial charge on any atom is -0.334 e. The number of anilines is 1. The van der Waals surface area contributed by atoms with Gasteiger partial charge in [0.15, 0.2) is 0 Å². The molecule has 0 aromatic heterocycles. The average molecular weight is 340 g/mol. The largest absolute Gasteiger partial charge is 0.334 e. The minimum atomic E-state index is -3.51. The molecule has 6 nitrogen and oxygen atoms in total. The number of carbonyl (C=O) groups excluding carboxylic acids is 1. The molecule has 0 aliphatic carbocycles. The first-order valence-electron chi connectivity index (χ1n) is 7.97. The van der Waals surface area contributed by atoms with E-state index in [-0.39, 0.29) is 12.5 Å². The van der Waals surface area contributed by atoms with E-state index >= 15 is 0 Å². The fourth-order valence-corrected chi connectivity index (χ4v) is 3.68. The molecule has 0 unspecified atom stereocenters. The van der Waals surface area contributed by atoms with Gasteiger partial charge in [-0.2, -0.15) is 0 Å². The van der Waals surface area contributed by atoms with Gasteiger partial charge < -0.3 is 9.80 Å². The zero-order chi connectivity index (χ0) is 17.0. The third-order valence-electron chi connectivity index (χ3n) is 4.29. The van der Waals surface area contributed by atoms with E-state index in [0.29, 0.717) is 25.2 Å². The number of amides is 1. The molecule has 128 valence electrons. The van der Waals surface area contributed by atoms with Crippen LogP contribution < -0.4 is 9.21 Å². The van der Waals surface area contributed by atoms with Crippen LogP contribution in [0.4, 0.5) is 5.69 Å². The molecular weight excluding hydrogens is 314 g/mol. The Hall–Kier alpha value is -1.60. The van der Waals surface area contributed by atoms with E-state index in [1.165, 1.54) is 9.21 Å². The number of nitrogens with zero attached hydrogens (tertiary/aromatic N) is 2.